The van der Waals surface area contributed by atoms with Crippen molar-refractivity contribution in [3.63, 3.8) is 0 Å². The van der Waals surface area contributed by atoms with Crippen molar-refractivity contribution in [2.24, 2.45) is 5.92 Å². The summed E-state index contributed by atoms with van der Waals surface area (Å²) in [5.41, 5.74) is 0. The van der Waals surface area contributed by atoms with E-state index in [4.69, 9.17) is 4.42 Å². The second-order valence-corrected chi connectivity index (χ2v) is 3.29. The van der Waals surface area contributed by atoms with Crippen molar-refractivity contribution in [3.05, 3.63) is 24.2 Å². The highest BCUT2D eigenvalue weighted by Gasteiger charge is 2.18. The number of furan rings is 1. The lowest BCUT2D eigenvalue weighted by Crippen LogP contribution is -2.39. The Kier molecular flexibility index (Phi) is 3.45. The number of nitrogens with one attached hydrogen (secondary N) is 1. The Labute approximate surface area is 82.3 Å². The molecular weight excluding hydrogens is 182 g/mol. The molecular formula is C10H12NO3. The van der Waals surface area contributed by atoms with E-state index in [9.17, 15) is 9.59 Å². The van der Waals surface area contributed by atoms with Crippen LogP contribution in [0, 0.1) is 5.92 Å². The molecule has 1 amide bonds. The van der Waals surface area contributed by atoms with Gasteiger partial charge in [0.15, 0.2) is 5.76 Å². The predicted octanol–water partition coefficient (Wildman–Crippen LogP) is 1.14. The van der Waals surface area contributed by atoms with Crippen LogP contribution in [0.25, 0.3) is 0 Å². The third kappa shape index (κ3) is 2.45. The van der Waals surface area contributed by atoms with Gasteiger partial charge in [-0.15, -0.1) is 0 Å². The lowest BCUT2D eigenvalue weighted by molar-refractivity contribution is 0.0911. The molecule has 4 heteroatoms. The fourth-order valence-corrected chi connectivity index (χ4v) is 0.952. The molecule has 0 fully saturated rings. The number of amides is 1. The molecule has 14 heavy (non-hydrogen) atoms. The second-order valence-electron chi connectivity index (χ2n) is 3.29. The topological polar surface area (TPSA) is 59.3 Å². The maximum absolute atomic E-state index is 11.4. The van der Waals surface area contributed by atoms with Gasteiger partial charge in [0.25, 0.3) is 5.91 Å². The molecule has 1 aromatic rings. The first-order valence-corrected chi connectivity index (χ1v) is 4.37. The average molecular weight is 194 g/mol. The first kappa shape index (κ1) is 10.5. The van der Waals surface area contributed by atoms with E-state index in [1.807, 2.05) is 13.8 Å². The zero-order valence-corrected chi connectivity index (χ0v) is 8.11. The maximum Gasteiger partial charge on any atom is 0.287 e. The summed E-state index contributed by atoms with van der Waals surface area (Å²) >= 11 is 0. The van der Waals surface area contributed by atoms with E-state index in [0.717, 1.165) is 0 Å². The number of carbonyl (C=O) groups is 1. The van der Waals surface area contributed by atoms with E-state index in [1.165, 1.54) is 12.3 Å². The molecule has 0 aliphatic carbocycles. The van der Waals surface area contributed by atoms with E-state index >= 15 is 0 Å². The van der Waals surface area contributed by atoms with Crippen molar-refractivity contribution in [1.82, 2.24) is 5.32 Å². The van der Waals surface area contributed by atoms with Gasteiger partial charge in [0.05, 0.1) is 12.3 Å². The van der Waals surface area contributed by atoms with Gasteiger partial charge < -0.3 is 9.73 Å². The van der Waals surface area contributed by atoms with Crippen molar-refractivity contribution in [2.75, 3.05) is 0 Å². The van der Waals surface area contributed by atoms with E-state index < -0.39 is 11.9 Å². The molecule has 4 nitrogen and oxygen atoms in total. The molecule has 0 spiro atoms. The molecule has 0 aliphatic heterocycles. The molecule has 75 valence electrons. The molecule has 0 bridgehead atoms. The fraction of sp³-hybridized carbons (Fsp3) is 0.400. The lowest BCUT2D eigenvalue weighted by Gasteiger charge is -2.13. The Balaban J connectivity index is 2.60. The summed E-state index contributed by atoms with van der Waals surface area (Å²) < 4.78 is 4.88. The highest BCUT2D eigenvalue weighted by molar-refractivity contribution is 5.93. The highest BCUT2D eigenvalue weighted by atomic mass is 16.3. The van der Waals surface area contributed by atoms with E-state index in [2.05, 4.69) is 5.32 Å². The standard InChI is InChI=1S/C10H12NO3/c1-7(2)8(6-12)11-10(13)9-4-3-5-14-9/h3-5,7-8H,1-2H3,(H,11,13)/t8-/m1/s1. The van der Waals surface area contributed by atoms with Crippen molar-refractivity contribution < 1.29 is 14.0 Å². The van der Waals surface area contributed by atoms with Crippen molar-refractivity contribution >= 4 is 12.2 Å². The number of hydrogen-bond donors (Lipinski definition) is 1. The normalized spacial score (nSPS) is 12.5. The predicted molar refractivity (Wildman–Crippen MR) is 50.5 cm³/mol. The molecule has 0 saturated heterocycles. The van der Waals surface area contributed by atoms with Crippen molar-refractivity contribution in [1.29, 1.82) is 0 Å². The molecule has 0 aliphatic rings. The van der Waals surface area contributed by atoms with Gasteiger partial charge in [-0.25, -0.2) is 0 Å². The van der Waals surface area contributed by atoms with Crippen LogP contribution in [0.2, 0.25) is 0 Å². The zero-order valence-electron chi connectivity index (χ0n) is 8.11. The lowest BCUT2D eigenvalue weighted by atomic mass is 10.1. The van der Waals surface area contributed by atoms with Crippen LogP contribution >= 0.6 is 0 Å². The number of hydrogen-bond acceptors (Lipinski definition) is 3. The van der Waals surface area contributed by atoms with E-state index in [0.29, 0.717) is 0 Å². The van der Waals surface area contributed by atoms with Gasteiger partial charge in [-0.3, -0.25) is 9.59 Å². The van der Waals surface area contributed by atoms with Gasteiger partial charge in [0.2, 0.25) is 6.29 Å². The Morgan fingerprint density at radius 1 is 1.57 bits per heavy atom. The van der Waals surface area contributed by atoms with Crippen molar-refractivity contribution in [3.8, 4) is 0 Å². The summed E-state index contributed by atoms with van der Waals surface area (Å²) in [6.45, 7) is 3.66. The number of carbonyl (C=O) groups excluding carboxylic acids is 2. The quantitative estimate of drug-likeness (QED) is 0.782. The maximum atomic E-state index is 11.4. The summed E-state index contributed by atoms with van der Waals surface area (Å²) in [7, 11) is 0. The molecule has 1 atom stereocenters. The summed E-state index contributed by atoms with van der Waals surface area (Å²) in [5.74, 6) is -0.172. The van der Waals surface area contributed by atoms with Gasteiger partial charge in [0.1, 0.15) is 0 Å². The van der Waals surface area contributed by atoms with Gasteiger partial charge >= 0.3 is 0 Å². The summed E-state index contributed by atoms with van der Waals surface area (Å²) in [5, 5.41) is 2.51. The van der Waals surface area contributed by atoms with Crippen LogP contribution in [0.3, 0.4) is 0 Å². The van der Waals surface area contributed by atoms with Crippen LogP contribution in [0.5, 0.6) is 0 Å². The average Bonchev–Trinajstić information content (AvgIpc) is 2.65. The van der Waals surface area contributed by atoms with E-state index in [1.54, 1.807) is 12.4 Å². The van der Waals surface area contributed by atoms with Gasteiger partial charge in [0, 0.05) is 0 Å². The molecule has 1 rings (SSSR count). The summed E-state index contributed by atoms with van der Waals surface area (Å²) in [4.78, 5) is 21.9. The Bertz CT molecular complexity index is 303. The first-order chi connectivity index (χ1) is 6.65. The summed E-state index contributed by atoms with van der Waals surface area (Å²) in [6, 6.07) is 2.56. The Hall–Kier alpha value is -1.58. The Morgan fingerprint density at radius 2 is 2.29 bits per heavy atom. The SMILES string of the molecule is CC(C)[C@@H]([C]=O)NC(=O)c1ccco1. The second kappa shape index (κ2) is 4.60. The Morgan fingerprint density at radius 3 is 2.71 bits per heavy atom. The minimum absolute atomic E-state index is 0.0198. The van der Waals surface area contributed by atoms with Gasteiger partial charge in [-0.1, -0.05) is 13.8 Å². The van der Waals surface area contributed by atoms with Crippen LogP contribution in [0.15, 0.2) is 22.8 Å². The minimum atomic E-state index is -0.590. The third-order valence-corrected chi connectivity index (χ3v) is 1.83. The fourth-order valence-electron chi connectivity index (χ4n) is 0.952. The first-order valence-electron chi connectivity index (χ1n) is 4.37. The monoisotopic (exact) mass is 194 g/mol. The van der Waals surface area contributed by atoms with Gasteiger partial charge in [-0.2, -0.15) is 0 Å². The van der Waals surface area contributed by atoms with Crippen LogP contribution in [0.1, 0.15) is 24.4 Å². The highest BCUT2D eigenvalue weighted by Crippen LogP contribution is 2.03. The smallest absolute Gasteiger partial charge is 0.287 e. The largest absolute Gasteiger partial charge is 0.459 e. The van der Waals surface area contributed by atoms with E-state index in [-0.39, 0.29) is 11.7 Å². The van der Waals surface area contributed by atoms with Crippen LogP contribution in [-0.2, 0) is 4.79 Å². The molecule has 0 saturated carbocycles. The van der Waals surface area contributed by atoms with Crippen LogP contribution in [-0.4, -0.2) is 18.2 Å². The number of rotatable bonds is 4. The summed E-state index contributed by atoms with van der Waals surface area (Å²) in [6.07, 6.45) is 3.18. The molecule has 0 unspecified atom stereocenters. The minimum Gasteiger partial charge on any atom is -0.459 e. The molecule has 1 radical (unpaired) electrons. The van der Waals surface area contributed by atoms with Gasteiger partial charge in [-0.05, 0) is 18.1 Å². The molecule has 0 aromatic carbocycles. The molecule has 1 heterocycles. The molecule has 1 N–H and O–H groups in total. The van der Waals surface area contributed by atoms with Crippen molar-refractivity contribution in [2.45, 2.75) is 19.9 Å². The van der Waals surface area contributed by atoms with Crippen LogP contribution < -0.4 is 5.32 Å². The zero-order chi connectivity index (χ0) is 10.6. The third-order valence-electron chi connectivity index (χ3n) is 1.83. The van der Waals surface area contributed by atoms with Crippen LogP contribution in [0.4, 0.5) is 0 Å². The molecule has 1 aromatic heterocycles.